The molecule has 206 valence electrons. The molecule has 1 amide bonds. The van der Waals surface area contributed by atoms with Gasteiger partial charge in [-0.15, -0.1) is 0 Å². The van der Waals surface area contributed by atoms with E-state index in [1.807, 2.05) is 16.7 Å². The Balaban J connectivity index is 1.30. The number of hydrogen-bond donors (Lipinski definition) is 2. The van der Waals surface area contributed by atoms with Gasteiger partial charge in [0.1, 0.15) is 5.82 Å². The highest BCUT2D eigenvalue weighted by Gasteiger charge is 2.55. The summed E-state index contributed by atoms with van der Waals surface area (Å²) in [4.78, 5) is 24.8. The summed E-state index contributed by atoms with van der Waals surface area (Å²) in [7, 11) is 0. The van der Waals surface area contributed by atoms with Crippen molar-refractivity contribution in [1.82, 2.24) is 9.88 Å². The molecule has 0 saturated heterocycles. The molecule has 0 radical (unpaired) electrons. The summed E-state index contributed by atoms with van der Waals surface area (Å²) in [5.41, 5.74) is 2.45. The van der Waals surface area contributed by atoms with Crippen LogP contribution in [0.4, 0.5) is 17.6 Å². The van der Waals surface area contributed by atoms with E-state index in [9.17, 15) is 32.3 Å². The van der Waals surface area contributed by atoms with Gasteiger partial charge in [0, 0.05) is 24.2 Å². The number of hydrogen-bond acceptors (Lipinski definition) is 2. The third-order valence-electron chi connectivity index (χ3n) is 8.32. The van der Waals surface area contributed by atoms with E-state index >= 15 is 0 Å². The molecular weight excluding hydrogens is 524 g/mol. The van der Waals surface area contributed by atoms with E-state index in [0.29, 0.717) is 29.5 Å². The molecule has 0 unspecified atom stereocenters. The Hall–Kier alpha value is -4.14. The van der Waals surface area contributed by atoms with Crippen molar-refractivity contribution in [3.05, 3.63) is 95.4 Å². The van der Waals surface area contributed by atoms with E-state index in [4.69, 9.17) is 0 Å². The second kappa shape index (κ2) is 9.50. The first-order valence-corrected chi connectivity index (χ1v) is 13.1. The molecule has 6 rings (SSSR count). The average molecular weight is 551 g/mol. The van der Waals surface area contributed by atoms with Crippen molar-refractivity contribution in [2.45, 2.75) is 44.4 Å². The lowest BCUT2D eigenvalue weighted by Crippen LogP contribution is -2.57. The molecule has 9 heteroatoms. The number of carboxylic acid groups (broad SMARTS) is 1. The molecule has 2 aliphatic rings. The van der Waals surface area contributed by atoms with E-state index in [1.54, 1.807) is 24.4 Å². The zero-order valence-corrected chi connectivity index (χ0v) is 21.3. The van der Waals surface area contributed by atoms with Crippen molar-refractivity contribution < 1.29 is 32.3 Å². The monoisotopic (exact) mass is 550 g/mol. The molecule has 40 heavy (non-hydrogen) atoms. The molecule has 1 spiro atoms. The normalized spacial score (nSPS) is 22.1. The standard InChI is InChI=1S/C31H26F4N2O3/c32-24-7-3-19(4-8-24)21-11-20-9-10-37(17-18-1-5-23(6-2-18)31(33,34)35)27(20)26(12-21)28(38)36-25-15-30(16-25)13-22(14-30)29(39)40/h1-12,22,25H,13-17H2,(H,36,38)(H,39,40). The number of amides is 1. The van der Waals surface area contributed by atoms with E-state index in [1.165, 1.54) is 24.3 Å². The summed E-state index contributed by atoms with van der Waals surface area (Å²) < 4.78 is 54.4. The first-order valence-electron chi connectivity index (χ1n) is 13.1. The summed E-state index contributed by atoms with van der Waals surface area (Å²) in [5, 5.41) is 13.1. The molecule has 4 aromatic rings. The second-order valence-corrected chi connectivity index (χ2v) is 11.1. The van der Waals surface area contributed by atoms with Crippen molar-refractivity contribution in [2.75, 3.05) is 0 Å². The first kappa shape index (κ1) is 26.1. The number of carboxylic acids is 1. The summed E-state index contributed by atoms with van der Waals surface area (Å²) in [6, 6.07) is 16.4. The Kier molecular flexibility index (Phi) is 6.20. The lowest BCUT2D eigenvalue weighted by Gasteiger charge is -2.56. The van der Waals surface area contributed by atoms with Crippen LogP contribution in [0.15, 0.2) is 72.9 Å². The number of benzene rings is 3. The van der Waals surface area contributed by atoms with Gasteiger partial charge in [-0.1, -0.05) is 24.3 Å². The molecule has 2 N–H and O–H groups in total. The lowest BCUT2D eigenvalue weighted by atomic mass is 9.50. The van der Waals surface area contributed by atoms with Crippen LogP contribution in [-0.2, 0) is 17.5 Å². The van der Waals surface area contributed by atoms with Crippen LogP contribution in [0.5, 0.6) is 0 Å². The predicted molar refractivity (Wildman–Crippen MR) is 141 cm³/mol. The number of aromatic nitrogens is 1. The molecule has 2 saturated carbocycles. The average Bonchev–Trinajstić information content (AvgIpc) is 3.26. The molecule has 2 fully saturated rings. The minimum absolute atomic E-state index is 0.00488. The zero-order chi connectivity index (χ0) is 28.2. The van der Waals surface area contributed by atoms with Crippen LogP contribution >= 0.6 is 0 Å². The largest absolute Gasteiger partial charge is 0.481 e. The molecule has 1 heterocycles. The van der Waals surface area contributed by atoms with Crippen LogP contribution in [0.25, 0.3) is 22.0 Å². The van der Waals surface area contributed by atoms with Crippen molar-refractivity contribution >= 4 is 22.8 Å². The maximum atomic E-state index is 13.6. The van der Waals surface area contributed by atoms with Crippen molar-refractivity contribution in [1.29, 1.82) is 0 Å². The molecule has 0 bridgehead atoms. The molecule has 3 aromatic carbocycles. The summed E-state index contributed by atoms with van der Waals surface area (Å²) in [6.07, 6.45) is 0.108. The third kappa shape index (κ3) is 4.85. The van der Waals surface area contributed by atoms with Crippen molar-refractivity contribution in [3.63, 3.8) is 0 Å². The smallest absolute Gasteiger partial charge is 0.416 e. The third-order valence-corrected chi connectivity index (χ3v) is 8.32. The quantitative estimate of drug-likeness (QED) is 0.257. The minimum atomic E-state index is -4.42. The Morgan fingerprint density at radius 1 is 0.925 bits per heavy atom. The number of aliphatic carboxylic acids is 1. The van der Waals surface area contributed by atoms with Crippen molar-refractivity contribution in [3.8, 4) is 11.1 Å². The highest BCUT2D eigenvalue weighted by atomic mass is 19.4. The highest BCUT2D eigenvalue weighted by Crippen LogP contribution is 2.58. The molecule has 0 aliphatic heterocycles. The van der Waals surface area contributed by atoms with Gasteiger partial charge < -0.3 is 15.0 Å². The topological polar surface area (TPSA) is 71.3 Å². The fraction of sp³-hybridized carbons (Fsp3) is 0.290. The number of carbonyl (C=O) groups excluding carboxylic acids is 1. The van der Waals surface area contributed by atoms with E-state index in [2.05, 4.69) is 5.32 Å². The second-order valence-electron chi connectivity index (χ2n) is 11.1. The minimum Gasteiger partial charge on any atom is -0.481 e. The summed E-state index contributed by atoms with van der Waals surface area (Å²) >= 11 is 0. The van der Waals surface area contributed by atoms with E-state index < -0.39 is 17.7 Å². The number of rotatable bonds is 6. The number of alkyl halides is 3. The summed E-state index contributed by atoms with van der Waals surface area (Å²) in [5.74, 6) is -1.73. The Morgan fingerprint density at radius 2 is 1.60 bits per heavy atom. The van der Waals surface area contributed by atoms with Crippen LogP contribution in [0.1, 0.15) is 47.2 Å². The maximum Gasteiger partial charge on any atom is 0.416 e. The van der Waals surface area contributed by atoms with Crippen LogP contribution in [0.2, 0.25) is 0 Å². The van der Waals surface area contributed by atoms with Crippen LogP contribution in [0, 0.1) is 17.2 Å². The van der Waals surface area contributed by atoms with Gasteiger partial charge in [-0.2, -0.15) is 13.2 Å². The van der Waals surface area contributed by atoms with Gasteiger partial charge in [0.05, 0.1) is 22.6 Å². The van der Waals surface area contributed by atoms with Crippen LogP contribution < -0.4 is 5.32 Å². The molecular formula is C31H26F4N2O3. The Labute approximate surface area is 227 Å². The molecule has 2 aliphatic carbocycles. The number of nitrogens with one attached hydrogen (secondary N) is 1. The van der Waals surface area contributed by atoms with Gasteiger partial charge in [-0.3, -0.25) is 9.59 Å². The van der Waals surface area contributed by atoms with Gasteiger partial charge in [0.15, 0.2) is 0 Å². The lowest BCUT2D eigenvalue weighted by molar-refractivity contribution is -0.155. The van der Waals surface area contributed by atoms with Gasteiger partial charge in [-0.25, -0.2) is 4.39 Å². The van der Waals surface area contributed by atoms with Gasteiger partial charge >= 0.3 is 12.1 Å². The fourth-order valence-corrected chi connectivity index (χ4v) is 6.30. The Morgan fingerprint density at radius 3 is 2.23 bits per heavy atom. The number of fused-ring (bicyclic) bond motifs is 1. The zero-order valence-electron chi connectivity index (χ0n) is 21.3. The van der Waals surface area contributed by atoms with Gasteiger partial charge in [0.25, 0.3) is 5.91 Å². The highest BCUT2D eigenvalue weighted by molar-refractivity contribution is 6.08. The number of halogens is 4. The molecule has 5 nitrogen and oxygen atoms in total. The first-order chi connectivity index (χ1) is 19.0. The van der Waals surface area contributed by atoms with Crippen molar-refractivity contribution in [2.24, 2.45) is 11.3 Å². The fourth-order valence-electron chi connectivity index (χ4n) is 6.30. The van der Waals surface area contributed by atoms with Gasteiger partial charge in [0.2, 0.25) is 0 Å². The van der Waals surface area contributed by atoms with Crippen LogP contribution in [0.3, 0.4) is 0 Å². The SMILES string of the molecule is O=C(NC1CC2(C1)CC(C(=O)O)C2)c1cc(-c2ccc(F)cc2)cc2ccn(Cc3ccc(C(F)(F)F)cc3)c12. The summed E-state index contributed by atoms with van der Waals surface area (Å²) in [6.45, 7) is 0.265. The molecule has 1 aromatic heterocycles. The predicted octanol–water partition coefficient (Wildman–Crippen LogP) is 6.89. The molecule has 0 atom stereocenters. The maximum absolute atomic E-state index is 13.6. The van der Waals surface area contributed by atoms with E-state index in [-0.39, 0.29) is 35.6 Å². The van der Waals surface area contributed by atoms with E-state index in [0.717, 1.165) is 41.5 Å². The Bertz CT molecular complexity index is 1590. The number of carbonyl (C=O) groups is 2. The van der Waals surface area contributed by atoms with Gasteiger partial charge in [-0.05, 0) is 90.3 Å². The van der Waals surface area contributed by atoms with Crippen LogP contribution in [-0.4, -0.2) is 27.6 Å². The number of nitrogens with zero attached hydrogens (tertiary/aromatic N) is 1.